The smallest absolute Gasteiger partial charge is 0.338 e. The number of nitrogen functional groups attached to an aromatic ring is 1. The number of nitrogens with zero attached hydrogens (tertiary/aromatic N) is 3. The van der Waals surface area contributed by atoms with Crippen molar-refractivity contribution in [2.75, 3.05) is 54.2 Å². The molecule has 168 valence electrons. The third-order valence-corrected chi connectivity index (χ3v) is 5.23. The molecule has 1 fully saturated rings. The number of aromatic nitrogens is 2. The van der Waals surface area contributed by atoms with Crippen LogP contribution in [0.25, 0.3) is 0 Å². The number of carbonyl (C=O) groups excluding carboxylic acids is 3. The molecule has 4 N–H and O–H groups in total. The van der Waals surface area contributed by atoms with Gasteiger partial charge in [0.25, 0.3) is 0 Å². The second kappa shape index (κ2) is 9.18. The van der Waals surface area contributed by atoms with Gasteiger partial charge in [0, 0.05) is 25.2 Å². The van der Waals surface area contributed by atoms with Gasteiger partial charge < -0.3 is 30.7 Å². The first-order valence-corrected chi connectivity index (χ1v) is 10.3. The van der Waals surface area contributed by atoms with Crippen molar-refractivity contribution in [1.29, 1.82) is 0 Å². The molecule has 2 aromatic rings. The molecule has 4 rings (SSSR count). The average molecular weight is 440 g/mol. The van der Waals surface area contributed by atoms with Gasteiger partial charge in [-0.1, -0.05) is 0 Å². The summed E-state index contributed by atoms with van der Waals surface area (Å²) >= 11 is 0. The highest BCUT2D eigenvalue weighted by molar-refractivity contribution is 6.05. The number of hydrogen-bond acceptors (Lipinski definition) is 9. The van der Waals surface area contributed by atoms with Crippen LogP contribution in [0.2, 0.25) is 0 Å². The highest BCUT2D eigenvalue weighted by Gasteiger charge is 2.35. The zero-order valence-corrected chi connectivity index (χ0v) is 17.6. The Labute approximate surface area is 184 Å². The lowest BCUT2D eigenvalue weighted by molar-refractivity contribution is -0.123. The number of morpholine rings is 1. The molecular weight excluding hydrogens is 416 g/mol. The van der Waals surface area contributed by atoms with Gasteiger partial charge in [-0.05, 0) is 31.2 Å². The second-order valence-corrected chi connectivity index (χ2v) is 7.36. The lowest BCUT2D eigenvalue weighted by atomic mass is 9.92. The summed E-state index contributed by atoms with van der Waals surface area (Å²) in [6.45, 7) is 4.32. The Kier molecular flexibility index (Phi) is 6.17. The van der Waals surface area contributed by atoms with E-state index in [4.69, 9.17) is 15.2 Å². The standard InChI is InChI=1S/C21H24N6O5/c1-2-32-20(30)12-3-5-13(6-4-12)23-19(29)14-11-15(28)24-18-16(14)17(22)25-21(26-18)27-7-9-31-10-8-27/h3-6,14H,2,7-11H2,1H3,(H,23,29)(H3,22,24,25,26,28). The summed E-state index contributed by atoms with van der Waals surface area (Å²) < 4.78 is 10.3. The number of carbonyl (C=O) groups is 3. The van der Waals surface area contributed by atoms with Crippen LogP contribution in [0.3, 0.4) is 0 Å². The van der Waals surface area contributed by atoms with Crippen molar-refractivity contribution in [2.45, 2.75) is 19.3 Å². The van der Waals surface area contributed by atoms with E-state index in [0.717, 1.165) is 0 Å². The van der Waals surface area contributed by atoms with Crippen LogP contribution in [0.5, 0.6) is 0 Å². The number of nitrogens with two attached hydrogens (primary N) is 1. The molecule has 1 aromatic heterocycles. The van der Waals surface area contributed by atoms with Crippen LogP contribution in [0.15, 0.2) is 24.3 Å². The van der Waals surface area contributed by atoms with Crippen molar-refractivity contribution in [3.05, 3.63) is 35.4 Å². The summed E-state index contributed by atoms with van der Waals surface area (Å²) in [5, 5.41) is 5.47. The van der Waals surface area contributed by atoms with Crippen LogP contribution >= 0.6 is 0 Å². The number of esters is 1. The maximum Gasteiger partial charge on any atom is 0.338 e. The van der Waals surface area contributed by atoms with Gasteiger partial charge in [0.15, 0.2) is 0 Å². The molecule has 0 aliphatic carbocycles. The number of ether oxygens (including phenoxy) is 2. The number of amides is 2. The Morgan fingerprint density at radius 2 is 1.97 bits per heavy atom. The van der Waals surface area contributed by atoms with E-state index in [1.807, 2.05) is 4.90 Å². The largest absolute Gasteiger partial charge is 0.462 e. The number of nitrogens with one attached hydrogen (secondary N) is 2. The van der Waals surface area contributed by atoms with E-state index in [2.05, 4.69) is 20.6 Å². The lowest BCUT2D eigenvalue weighted by Gasteiger charge is -2.30. The molecule has 0 saturated carbocycles. The molecule has 11 heteroatoms. The molecule has 1 aromatic carbocycles. The van der Waals surface area contributed by atoms with E-state index in [-0.39, 0.29) is 30.6 Å². The first kappa shape index (κ1) is 21.5. The number of rotatable bonds is 5. The van der Waals surface area contributed by atoms with Crippen LogP contribution in [-0.2, 0) is 19.1 Å². The van der Waals surface area contributed by atoms with Gasteiger partial charge in [0.05, 0.1) is 36.9 Å². The third-order valence-electron chi connectivity index (χ3n) is 5.23. The monoisotopic (exact) mass is 440 g/mol. The molecule has 0 spiro atoms. The first-order valence-electron chi connectivity index (χ1n) is 10.3. The fourth-order valence-electron chi connectivity index (χ4n) is 3.65. The normalized spacial score (nSPS) is 17.8. The topological polar surface area (TPSA) is 149 Å². The van der Waals surface area contributed by atoms with Crippen LogP contribution in [0.1, 0.15) is 35.2 Å². The van der Waals surface area contributed by atoms with Crippen molar-refractivity contribution in [3.63, 3.8) is 0 Å². The molecular formula is C21H24N6O5. The number of hydrogen-bond donors (Lipinski definition) is 3. The fraction of sp³-hybridized carbons (Fsp3) is 0.381. The summed E-state index contributed by atoms with van der Waals surface area (Å²) in [5.41, 5.74) is 7.44. The molecule has 2 amide bonds. The summed E-state index contributed by atoms with van der Waals surface area (Å²) in [5.74, 6) is -1.25. The zero-order valence-electron chi connectivity index (χ0n) is 17.6. The Bertz CT molecular complexity index is 1040. The van der Waals surface area contributed by atoms with Gasteiger partial charge in [0.2, 0.25) is 17.8 Å². The van der Waals surface area contributed by atoms with Gasteiger partial charge in [0.1, 0.15) is 11.6 Å². The van der Waals surface area contributed by atoms with Crippen LogP contribution < -0.4 is 21.3 Å². The number of fused-ring (bicyclic) bond motifs is 1. The third kappa shape index (κ3) is 4.47. The van der Waals surface area contributed by atoms with Crippen LogP contribution in [-0.4, -0.2) is 60.7 Å². The van der Waals surface area contributed by atoms with E-state index >= 15 is 0 Å². The minimum Gasteiger partial charge on any atom is -0.462 e. The summed E-state index contributed by atoms with van der Waals surface area (Å²) in [7, 11) is 0. The second-order valence-electron chi connectivity index (χ2n) is 7.36. The predicted molar refractivity (Wildman–Crippen MR) is 116 cm³/mol. The zero-order chi connectivity index (χ0) is 22.7. The molecule has 11 nitrogen and oxygen atoms in total. The van der Waals surface area contributed by atoms with E-state index in [0.29, 0.717) is 49.1 Å². The molecule has 0 radical (unpaired) electrons. The minimum absolute atomic E-state index is 0.0792. The van der Waals surface area contributed by atoms with Gasteiger partial charge in [-0.2, -0.15) is 9.97 Å². The summed E-state index contributed by atoms with van der Waals surface area (Å²) in [6, 6.07) is 6.30. The quantitative estimate of drug-likeness (QED) is 0.582. The first-order chi connectivity index (χ1) is 15.5. The summed E-state index contributed by atoms with van der Waals surface area (Å²) in [6.07, 6.45) is -0.0792. The maximum atomic E-state index is 13.0. The molecule has 2 aliphatic heterocycles. The minimum atomic E-state index is -0.845. The van der Waals surface area contributed by atoms with Gasteiger partial charge in [-0.3, -0.25) is 9.59 Å². The van der Waals surface area contributed by atoms with E-state index in [1.54, 1.807) is 31.2 Å². The molecule has 1 unspecified atom stereocenters. The Balaban J connectivity index is 1.55. The average Bonchev–Trinajstić information content (AvgIpc) is 2.79. The fourth-order valence-corrected chi connectivity index (χ4v) is 3.65. The van der Waals surface area contributed by atoms with Crippen LogP contribution in [0, 0.1) is 0 Å². The molecule has 3 heterocycles. The number of benzene rings is 1. The van der Waals surface area contributed by atoms with E-state index in [9.17, 15) is 14.4 Å². The molecule has 1 saturated heterocycles. The maximum absolute atomic E-state index is 13.0. The summed E-state index contributed by atoms with van der Waals surface area (Å²) in [4.78, 5) is 47.8. The predicted octanol–water partition coefficient (Wildman–Crippen LogP) is 1.14. The van der Waals surface area contributed by atoms with Crippen molar-refractivity contribution in [1.82, 2.24) is 9.97 Å². The van der Waals surface area contributed by atoms with Gasteiger partial charge in [-0.15, -0.1) is 0 Å². The highest BCUT2D eigenvalue weighted by atomic mass is 16.5. The van der Waals surface area contributed by atoms with Crippen molar-refractivity contribution in [3.8, 4) is 0 Å². The highest BCUT2D eigenvalue weighted by Crippen LogP contribution is 2.36. The van der Waals surface area contributed by atoms with E-state index in [1.165, 1.54) is 0 Å². The van der Waals surface area contributed by atoms with Gasteiger partial charge in [-0.25, -0.2) is 4.79 Å². The Hall–Kier alpha value is -3.73. The Morgan fingerprint density at radius 1 is 1.25 bits per heavy atom. The Morgan fingerprint density at radius 3 is 2.66 bits per heavy atom. The van der Waals surface area contributed by atoms with Crippen molar-refractivity contribution < 1.29 is 23.9 Å². The van der Waals surface area contributed by atoms with Crippen molar-refractivity contribution in [2.24, 2.45) is 0 Å². The molecule has 2 aliphatic rings. The lowest BCUT2D eigenvalue weighted by Crippen LogP contribution is -2.38. The van der Waals surface area contributed by atoms with Crippen molar-refractivity contribution >= 4 is 41.1 Å². The molecule has 32 heavy (non-hydrogen) atoms. The molecule has 0 bridgehead atoms. The van der Waals surface area contributed by atoms with Gasteiger partial charge >= 0.3 is 5.97 Å². The van der Waals surface area contributed by atoms with E-state index < -0.39 is 17.8 Å². The SMILES string of the molecule is CCOC(=O)c1ccc(NC(=O)C2CC(=O)Nc3nc(N4CCOCC4)nc(N)c32)cc1. The van der Waals surface area contributed by atoms with Crippen LogP contribution in [0.4, 0.5) is 23.3 Å². The number of anilines is 4. The molecule has 1 atom stereocenters.